The van der Waals surface area contributed by atoms with Gasteiger partial charge < -0.3 is 11.1 Å². The lowest BCUT2D eigenvalue weighted by Gasteiger charge is -2.02. The van der Waals surface area contributed by atoms with Crippen LogP contribution in [0.25, 0.3) is 5.65 Å². The lowest BCUT2D eigenvalue weighted by Crippen LogP contribution is -2.15. The fraction of sp³-hybridized carbons (Fsp3) is 0.375. The number of nitrogens with one attached hydrogen (secondary N) is 2. The van der Waals surface area contributed by atoms with Gasteiger partial charge in [0.2, 0.25) is 0 Å². The second kappa shape index (κ2) is 2.80. The van der Waals surface area contributed by atoms with E-state index in [0.29, 0.717) is 17.5 Å². The van der Waals surface area contributed by atoms with E-state index in [2.05, 4.69) is 20.5 Å². The van der Waals surface area contributed by atoms with Gasteiger partial charge in [-0.2, -0.15) is 5.10 Å². The minimum atomic E-state index is -0.285. The summed E-state index contributed by atoms with van der Waals surface area (Å²) in [5, 5.41) is 9.35. The summed E-state index contributed by atoms with van der Waals surface area (Å²) in [5.74, 6) is 0.694. The number of nitrogens with zero attached hydrogens (tertiary/aromatic N) is 3. The molecule has 1 fully saturated rings. The SMILES string of the molecule is NC1CC1Nc1cc2n[nH]c(=O)n2cn1. The smallest absolute Gasteiger partial charge is 0.348 e. The molecule has 0 saturated heterocycles. The average molecular weight is 206 g/mol. The maximum absolute atomic E-state index is 11.1. The maximum Gasteiger partial charge on any atom is 0.348 e. The molecule has 0 radical (unpaired) electrons. The van der Waals surface area contributed by atoms with Gasteiger partial charge >= 0.3 is 5.69 Å². The van der Waals surface area contributed by atoms with Gasteiger partial charge in [0.05, 0.1) is 0 Å². The summed E-state index contributed by atoms with van der Waals surface area (Å²) in [6.45, 7) is 0. The van der Waals surface area contributed by atoms with Crippen LogP contribution >= 0.6 is 0 Å². The quantitative estimate of drug-likeness (QED) is 0.580. The first-order valence-corrected chi connectivity index (χ1v) is 4.69. The van der Waals surface area contributed by atoms with Crippen molar-refractivity contribution in [1.82, 2.24) is 19.6 Å². The van der Waals surface area contributed by atoms with Crippen molar-refractivity contribution in [2.75, 3.05) is 5.32 Å². The number of rotatable bonds is 2. The molecule has 0 aliphatic heterocycles. The lowest BCUT2D eigenvalue weighted by atomic mass is 10.5. The largest absolute Gasteiger partial charge is 0.366 e. The minimum absolute atomic E-state index is 0.212. The van der Waals surface area contributed by atoms with E-state index in [9.17, 15) is 4.79 Å². The molecule has 78 valence electrons. The summed E-state index contributed by atoms with van der Waals surface area (Å²) in [6, 6.07) is 2.22. The number of aromatic amines is 1. The molecule has 0 bridgehead atoms. The zero-order chi connectivity index (χ0) is 10.4. The molecule has 0 spiro atoms. The van der Waals surface area contributed by atoms with Crippen LogP contribution in [0.1, 0.15) is 6.42 Å². The van der Waals surface area contributed by atoms with Gasteiger partial charge in [-0.05, 0) is 6.42 Å². The second-order valence-corrected chi connectivity index (χ2v) is 3.68. The fourth-order valence-corrected chi connectivity index (χ4v) is 1.46. The summed E-state index contributed by atoms with van der Waals surface area (Å²) in [5.41, 5.74) is 5.93. The van der Waals surface area contributed by atoms with Crippen molar-refractivity contribution in [1.29, 1.82) is 0 Å². The van der Waals surface area contributed by atoms with Crippen molar-refractivity contribution in [2.24, 2.45) is 5.73 Å². The third-order valence-electron chi connectivity index (χ3n) is 2.48. The third kappa shape index (κ3) is 1.37. The Morgan fingerprint density at radius 2 is 2.47 bits per heavy atom. The zero-order valence-electron chi connectivity index (χ0n) is 7.84. The van der Waals surface area contributed by atoms with Gasteiger partial charge in [-0.15, -0.1) is 0 Å². The molecule has 2 heterocycles. The lowest BCUT2D eigenvalue weighted by molar-refractivity contribution is 0.972. The Morgan fingerprint density at radius 1 is 1.67 bits per heavy atom. The van der Waals surface area contributed by atoms with E-state index in [-0.39, 0.29) is 11.7 Å². The predicted octanol–water partition coefficient (Wildman–Crippen LogP) is -1.07. The topological polar surface area (TPSA) is 101 Å². The molecule has 1 aliphatic rings. The molecule has 0 amide bonds. The highest BCUT2D eigenvalue weighted by molar-refractivity contribution is 5.49. The van der Waals surface area contributed by atoms with E-state index in [4.69, 9.17) is 5.73 Å². The van der Waals surface area contributed by atoms with E-state index in [1.807, 2.05) is 0 Å². The molecule has 4 N–H and O–H groups in total. The number of anilines is 1. The normalized spacial score (nSPS) is 24.3. The number of nitrogens with two attached hydrogens (primary N) is 1. The van der Waals surface area contributed by atoms with E-state index >= 15 is 0 Å². The Morgan fingerprint density at radius 3 is 3.20 bits per heavy atom. The summed E-state index contributed by atoms with van der Waals surface area (Å²) in [7, 11) is 0. The number of aromatic nitrogens is 4. The Hall–Kier alpha value is -1.89. The van der Waals surface area contributed by atoms with Crippen molar-refractivity contribution < 1.29 is 0 Å². The molecule has 15 heavy (non-hydrogen) atoms. The van der Waals surface area contributed by atoms with E-state index in [1.165, 1.54) is 10.7 Å². The van der Waals surface area contributed by atoms with E-state index in [0.717, 1.165) is 6.42 Å². The highest BCUT2D eigenvalue weighted by Crippen LogP contribution is 2.22. The van der Waals surface area contributed by atoms with Crippen molar-refractivity contribution in [3.63, 3.8) is 0 Å². The summed E-state index contributed by atoms with van der Waals surface area (Å²) in [4.78, 5) is 15.2. The standard InChI is InChI=1S/C8H10N6O/c9-4-1-5(4)11-6-2-7-12-13-8(15)14(7)3-10-6/h2-5,11H,1,9H2,(H,13,15). The number of fused-ring (bicyclic) bond motifs is 1. The van der Waals surface area contributed by atoms with Gasteiger partial charge in [-0.25, -0.2) is 19.3 Å². The molecule has 2 unspecified atom stereocenters. The molecule has 2 aromatic heterocycles. The monoisotopic (exact) mass is 206 g/mol. The summed E-state index contributed by atoms with van der Waals surface area (Å²) in [6.07, 6.45) is 2.40. The highest BCUT2D eigenvalue weighted by Gasteiger charge is 2.33. The van der Waals surface area contributed by atoms with Gasteiger partial charge in [0.15, 0.2) is 5.65 Å². The first kappa shape index (κ1) is 8.42. The summed E-state index contributed by atoms with van der Waals surface area (Å²) >= 11 is 0. The first-order chi connectivity index (χ1) is 7.24. The number of hydrogen-bond donors (Lipinski definition) is 3. The molecular formula is C8H10N6O. The molecule has 2 aromatic rings. The minimum Gasteiger partial charge on any atom is -0.366 e. The Bertz CT molecular complexity index is 558. The first-order valence-electron chi connectivity index (χ1n) is 4.69. The van der Waals surface area contributed by atoms with Crippen LogP contribution in [-0.4, -0.2) is 31.7 Å². The fourth-order valence-electron chi connectivity index (χ4n) is 1.46. The Balaban J connectivity index is 1.96. The van der Waals surface area contributed by atoms with E-state index in [1.54, 1.807) is 6.07 Å². The van der Waals surface area contributed by atoms with Gasteiger partial charge in [0.1, 0.15) is 12.1 Å². The molecule has 3 rings (SSSR count). The van der Waals surface area contributed by atoms with Crippen molar-refractivity contribution in [2.45, 2.75) is 18.5 Å². The molecule has 7 heteroatoms. The predicted molar refractivity (Wildman–Crippen MR) is 53.6 cm³/mol. The van der Waals surface area contributed by atoms with Crippen LogP contribution in [0, 0.1) is 0 Å². The van der Waals surface area contributed by atoms with Crippen LogP contribution in [0.5, 0.6) is 0 Å². The van der Waals surface area contributed by atoms with Crippen LogP contribution in [0.2, 0.25) is 0 Å². The maximum atomic E-state index is 11.1. The summed E-state index contributed by atoms with van der Waals surface area (Å²) < 4.78 is 1.35. The number of H-pyrrole nitrogens is 1. The number of hydrogen-bond acceptors (Lipinski definition) is 5. The molecule has 0 aromatic carbocycles. The molecular weight excluding hydrogens is 196 g/mol. The molecule has 1 aliphatic carbocycles. The van der Waals surface area contributed by atoms with Crippen molar-refractivity contribution >= 4 is 11.5 Å². The van der Waals surface area contributed by atoms with Crippen LogP contribution < -0.4 is 16.7 Å². The Kier molecular flexibility index (Phi) is 1.57. The van der Waals surface area contributed by atoms with Crippen LogP contribution in [0.15, 0.2) is 17.2 Å². The van der Waals surface area contributed by atoms with E-state index < -0.39 is 0 Å². The average Bonchev–Trinajstić information content (AvgIpc) is 2.77. The van der Waals surface area contributed by atoms with Gasteiger partial charge in [-0.3, -0.25) is 0 Å². The Labute approximate surface area is 84.3 Å². The van der Waals surface area contributed by atoms with Gasteiger partial charge in [0.25, 0.3) is 0 Å². The van der Waals surface area contributed by atoms with Crippen LogP contribution in [0.3, 0.4) is 0 Å². The zero-order valence-corrected chi connectivity index (χ0v) is 7.84. The second-order valence-electron chi connectivity index (χ2n) is 3.68. The van der Waals surface area contributed by atoms with Crippen LogP contribution in [0.4, 0.5) is 5.82 Å². The van der Waals surface area contributed by atoms with Gasteiger partial charge in [0, 0.05) is 18.2 Å². The molecule has 1 saturated carbocycles. The third-order valence-corrected chi connectivity index (χ3v) is 2.48. The molecule has 7 nitrogen and oxygen atoms in total. The highest BCUT2D eigenvalue weighted by atomic mass is 16.1. The van der Waals surface area contributed by atoms with Crippen LogP contribution in [-0.2, 0) is 0 Å². The molecule has 2 atom stereocenters. The van der Waals surface area contributed by atoms with Crippen molar-refractivity contribution in [3.05, 3.63) is 22.9 Å². The van der Waals surface area contributed by atoms with Crippen molar-refractivity contribution in [3.8, 4) is 0 Å². The van der Waals surface area contributed by atoms with Gasteiger partial charge in [-0.1, -0.05) is 0 Å².